The monoisotopic (exact) mass is 491 g/mol. The number of hydrogen-bond donors (Lipinski definition) is 0. The van der Waals surface area contributed by atoms with E-state index in [4.69, 9.17) is 4.74 Å². The van der Waals surface area contributed by atoms with Crippen LogP contribution in [0.5, 0.6) is 5.75 Å². The summed E-state index contributed by atoms with van der Waals surface area (Å²) in [6.07, 6.45) is 8.73. The lowest BCUT2D eigenvalue weighted by Gasteiger charge is -2.29. The smallest absolute Gasteiger partial charge is 0.178 e. The molecule has 1 saturated carbocycles. The van der Waals surface area contributed by atoms with Gasteiger partial charge in [-0.05, 0) is 73.6 Å². The summed E-state index contributed by atoms with van der Waals surface area (Å²) in [5.41, 5.74) is 5.14. The minimum absolute atomic E-state index is 0.121. The molecule has 0 amide bonds. The molecule has 0 aliphatic heterocycles. The lowest BCUT2D eigenvalue weighted by Crippen LogP contribution is -2.19. The number of fused-ring (bicyclic) bond motifs is 2. The first kappa shape index (κ1) is 23.7. The number of ketones is 2. The van der Waals surface area contributed by atoms with E-state index < -0.39 is 5.92 Å². The first-order valence-corrected chi connectivity index (χ1v) is 13.5. The second kappa shape index (κ2) is 9.66. The first-order valence-electron chi connectivity index (χ1n) is 13.5. The number of carbonyl (C=O) groups is 2. The molecule has 2 aliphatic rings. The fourth-order valence-corrected chi connectivity index (χ4v) is 6.31. The van der Waals surface area contributed by atoms with Crippen LogP contribution in [-0.2, 0) is 6.61 Å². The van der Waals surface area contributed by atoms with E-state index in [0.29, 0.717) is 35.4 Å². The van der Waals surface area contributed by atoms with E-state index in [1.54, 1.807) is 18.2 Å². The zero-order chi connectivity index (χ0) is 25.5. The Labute approximate surface area is 218 Å². The van der Waals surface area contributed by atoms with Crippen molar-refractivity contribution in [1.82, 2.24) is 4.57 Å². The van der Waals surface area contributed by atoms with Crippen molar-refractivity contribution in [2.75, 3.05) is 0 Å². The Morgan fingerprint density at radius 3 is 2.43 bits per heavy atom. The second-order valence-corrected chi connectivity index (χ2v) is 10.8. The van der Waals surface area contributed by atoms with Crippen LogP contribution in [-0.4, -0.2) is 16.1 Å². The van der Waals surface area contributed by atoms with Gasteiger partial charge in [0.25, 0.3) is 0 Å². The van der Waals surface area contributed by atoms with Gasteiger partial charge in [-0.1, -0.05) is 61.7 Å². The average Bonchev–Trinajstić information content (AvgIpc) is 3.40. The number of hydrogen-bond acceptors (Lipinski definition) is 3. The number of nitrogens with zero attached hydrogens (tertiary/aromatic N) is 1. The van der Waals surface area contributed by atoms with Crippen molar-refractivity contribution >= 4 is 22.5 Å². The molecule has 0 saturated heterocycles. The van der Waals surface area contributed by atoms with Crippen LogP contribution < -0.4 is 4.74 Å². The van der Waals surface area contributed by atoms with Gasteiger partial charge in [0.2, 0.25) is 0 Å². The van der Waals surface area contributed by atoms with Gasteiger partial charge in [0, 0.05) is 34.3 Å². The highest BCUT2D eigenvalue weighted by molar-refractivity contribution is 6.30. The molecule has 1 heterocycles. The Balaban J connectivity index is 1.29. The molecule has 0 N–H and O–H groups in total. The van der Waals surface area contributed by atoms with Crippen molar-refractivity contribution in [2.45, 2.75) is 64.5 Å². The highest BCUT2D eigenvalue weighted by Crippen LogP contribution is 2.39. The van der Waals surface area contributed by atoms with Gasteiger partial charge in [0.1, 0.15) is 18.3 Å². The molecule has 188 valence electrons. The predicted octanol–water partition coefficient (Wildman–Crippen LogP) is 7.83. The van der Waals surface area contributed by atoms with Crippen LogP contribution in [0.15, 0.2) is 72.9 Å². The van der Waals surface area contributed by atoms with Crippen LogP contribution in [0, 0.1) is 12.8 Å². The minimum Gasteiger partial charge on any atom is -0.489 e. The summed E-state index contributed by atoms with van der Waals surface area (Å²) < 4.78 is 8.32. The summed E-state index contributed by atoms with van der Waals surface area (Å²) >= 11 is 0. The number of aryl methyl sites for hydroxylation is 1. The highest BCUT2D eigenvalue weighted by atomic mass is 16.5. The second-order valence-electron chi connectivity index (χ2n) is 10.8. The van der Waals surface area contributed by atoms with Gasteiger partial charge in [-0.15, -0.1) is 0 Å². The minimum atomic E-state index is -0.794. The summed E-state index contributed by atoms with van der Waals surface area (Å²) in [5.74, 6) is 0.215. The molecule has 6 rings (SSSR count). The van der Waals surface area contributed by atoms with E-state index in [-0.39, 0.29) is 11.6 Å². The molecule has 3 aromatic carbocycles. The van der Waals surface area contributed by atoms with Crippen molar-refractivity contribution < 1.29 is 14.3 Å². The molecule has 2 aliphatic carbocycles. The quantitative estimate of drug-likeness (QED) is 0.258. The Hall–Kier alpha value is -3.66. The van der Waals surface area contributed by atoms with E-state index in [0.717, 1.165) is 16.6 Å². The van der Waals surface area contributed by atoms with Crippen LogP contribution in [0.2, 0.25) is 0 Å². The number of carbonyl (C=O) groups excluding carboxylic acids is 2. The largest absolute Gasteiger partial charge is 0.489 e. The molecule has 2 unspecified atom stereocenters. The van der Waals surface area contributed by atoms with Gasteiger partial charge in [0.05, 0.1) is 0 Å². The van der Waals surface area contributed by atoms with Crippen molar-refractivity contribution in [2.24, 2.45) is 5.92 Å². The molecular formula is C33H33NO3. The van der Waals surface area contributed by atoms with E-state index in [1.807, 2.05) is 36.4 Å². The first-order chi connectivity index (χ1) is 18.0. The summed E-state index contributed by atoms with van der Waals surface area (Å²) in [6, 6.07) is 21.7. The third-order valence-electron chi connectivity index (χ3n) is 8.46. The number of rotatable bonds is 6. The van der Waals surface area contributed by atoms with Gasteiger partial charge in [-0.25, -0.2) is 0 Å². The summed E-state index contributed by atoms with van der Waals surface area (Å²) in [6.45, 7) is 4.88. The summed E-state index contributed by atoms with van der Waals surface area (Å²) in [5, 5.41) is 1.19. The third kappa shape index (κ3) is 4.29. The molecule has 2 atom stereocenters. The fraction of sp³-hybridized carbons (Fsp3) is 0.333. The maximum absolute atomic E-state index is 13.6. The van der Waals surface area contributed by atoms with E-state index in [9.17, 15) is 9.59 Å². The van der Waals surface area contributed by atoms with Crippen molar-refractivity contribution in [3.8, 4) is 5.75 Å². The van der Waals surface area contributed by atoms with E-state index in [2.05, 4.69) is 36.7 Å². The summed E-state index contributed by atoms with van der Waals surface area (Å²) in [7, 11) is 0. The number of benzene rings is 3. The number of ether oxygens (including phenoxy) is 1. The molecule has 4 heteroatoms. The zero-order valence-electron chi connectivity index (χ0n) is 21.6. The van der Waals surface area contributed by atoms with Gasteiger partial charge >= 0.3 is 0 Å². The normalized spacial score (nSPS) is 18.8. The molecule has 1 aromatic heterocycles. The third-order valence-corrected chi connectivity index (χ3v) is 8.46. The molecule has 0 bridgehead atoms. The molecule has 4 aromatic rings. The Morgan fingerprint density at radius 2 is 1.65 bits per heavy atom. The highest BCUT2D eigenvalue weighted by Gasteiger charge is 2.40. The summed E-state index contributed by atoms with van der Waals surface area (Å²) in [4.78, 5) is 27.0. The Morgan fingerprint density at radius 1 is 0.892 bits per heavy atom. The maximum Gasteiger partial charge on any atom is 0.178 e. The number of aromatic nitrogens is 1. The average molecular weight is 492 g/mol. The molecular weight excluding hydrogens is 458 g/mol. The molecule has 0 radical (unpaired) electrons. The van der Waals surface area contributed by atoms with E-state index in [1.165, 1.54) is 43.1 Å². The lowest BCUT2D eigenvalue weighted by molar-refractivity contribution is 0.0890. The van der Waals surface area contributed by atoms with Gasteiger partial charge < -0.3 is 9.30 Å². The fourth-order valence-electron chi connectivity index (χ4n) is 6.31. The topological polar surface area (TPSA) is 48.3 Å². The number of Topliss-reactive ketones (excluding diaryl/α,β-unsaturated/α-hetero) is 2. The van der Waals surface area contributed by atoms with Crippen LogP contribution >= 0.6 is 0 Å². The van der Waals surface area contributed by atoms with Crippen molar-refractivity contribution in [3.63, 3.8) is 0 Å². The Bertz CT molecular complexity index is 1480. The van der Waals surface area contributed by atoms with Crippen molar-refractivity contribution in [3.05, 3.63) is 101 Å². The van der Waals surface area contributed by atoms with Crippen LogP contribution in [0.3, 0.4) is 0 Å². The van der Waals surface area contributed by atoms with E-state index >= 15 is 0 Å². The predicted molar refractivity (Wildman–Crippen MR) is 147 cm³/mol. The van der Waals surface area contributed by atoms with Crippen molar-refractivity contribution in [1.29, 1.82) is 0 Å². The standard InChI is InChI=1S/C33H33NO3/c1-21-19-34(22(2)24-11-7-4-8-12-24)30-17-25(13-15-27(21)30)31-32(35)28-16-14-26(18-29(28)33(31)36)37-20-23-9-5-3-6-10-23/h3,5-6,9-10,13-19,22,24,31H,4,7-8,11-12,20H2,1-2H3. The SMILES string of the molecule is Cc1cn(C(C)C2CCCCC2)c2cc(C3C(=O)c4ccc(OCc5ccccc5)cc4C3=O)ccc12. The molecule has 0 spiro atoms. The molecule has 4 nitrogen and oxygen atoms in total. The Kier molecular flexibility index (Phi) is 6.19. The zero-order valence-corrected chi connectivity index (χ0v) is 21.6. The van der Waals surface area contributed by atoms with Crippen LogP contribution in [0.1, 0.15) is 88.4 Å². The van der Waals surface area contributed by atoms with Crippen LogP contribution in [0.4, 0.5) is 0 Å². The molecule has 37 heavy (non-hydrogen) atoms. The van der Waals surface area contributed by atoms with Crippen LogP contribution in [0.25, 0.3) is 10.9 Å². The molecule has 1 fully saturated rings. The lowest BCUT2D eigenvalue weighted by atomic mass is 9.84. The van der Waals surface area contributed by atoms with Gasteiger partial charge in [-0.2, -0.15) is 0 Å². The van der Waals surface area contributed by atoms with Gasteiger partial charge in [-0.3, -0.25) is 9.59 Å². The van der Waals surface area contributed by atoms with Gasteiger partial charge in [0.15, 0.2) is 11.6 Å². The maximum atomic E-state index is 13.6.